The smallest absolute Gasteiger partial charge is 0.239 e. The zero-order valence-electron chi connectivity index (χ0n) is 12.9. The lowest BCUT2D eigenvalue weighted by atomic mass is 10.2. The fourth-order valence-corrected chi connectivity index (χ4v) is 1.87. The highest BCUT2D eigenvalue weighted by Crippen LogP contribution is 2.11. The van der Waals surface area contributed by atoms with Gasteiger partial charge in [0.25, 0.3) is 0 Å². The highest BCUT2D eigenvalue weighted by atomic mass is 16.2. The summed E-state index contributed by atoms with van der Waals surface area (Å²) in [4.78, 5) is 18.2. The highest BCUT2D eigenvalue weighted by Gasteiger charge is 2.11. The van der Waals surface area contributed by atoms with Gasteiger partial charge in [-0.1, -0.05) is 13.0 Å². The van der Waals surface area contributed by atoms with Crippen molar-refractivity contribution in [2.24, 2.45) is 0 Å². The Hall–Kier alpha value is -1.62. The lowest BCUT2D eigenvalue weighted by Crippen LogP contribution is -2.40. The molecule has 0 aliphatic heterocycles. The van der Waals surface area contributed by atoms with Crippen LogP contribution in [0.5, 0.6) is 0 Å². The Kier molecular flexibility index (Phi) is 7.01. The summed E-state index contributed by atoms with van der Waals surface area (Å²) in [5.41, 5.74) is 1.15. The van der Waals surface area contributed by atoms with E-state index in [2.05, 4.69) is 22.5 Å². The van der Waals surface area contributed by atoms with Crippen LogP contribution in [0.1, 0.15) is 33.3 Å². The quantitative estimate of drug-likeness (QED) is 0.757. The molecule has 0 saturated carbocycles. The van der Waals surface area contributed by atoms with Gasteiger partial charge < -0.3 is 15.5 Å². The summed E-state index contributed by atoms with van der Waals surface area (Å²) in [6.07, 6.45) is 1.86. The van der Waals surface area contributed by atoms with E-state index in [1.54, 1.807) is 0 Å². The predicted octanol–water partition coefficient (Wildman–Crippen LogP) is 1.54. The van der Waals surface area contributed by atoms with Crippen LogP contribution in [0.15, 0.2) is 18.3 Å². The molecule has 0 aliphatic rings. The molecule has 1 amide bonds. The van der Waals surface area contributed by atoms with Crippen molar-refractivity contribution in [3.8, 4) is 0 Å². The minimum atomic E-state index is 0.0281. The molecule has 0 atom stereocenters. The van der Waals surface area contributed by atoms with E-state index in [0.29, 0.717) is 6.54 Å². The summed E-state index contributed by atoms with van der Waals surface area (Å²) in [5, 5.41) is 6.16. The number of rotatable bonds is 8. The van der Waals surface area contributed by atoms with Crippen LogP contribution in [0.2, 0.25) is 0 Å². The second-order valence-electron chi connectivity index (χ2n) is 5.04. The van der Waals surface area contributed by atoms with Gasteiger partial charge in [0.15, 0.2) is 0 Å². The summed E-state index contributed by atoms with van der Waals surface area (Å²) in [6, 6.07) is 4.18. The van der Waals surface area contributed by atoms with Crippen molar-refractivity contribution >= 4 is 11.7 Å². The number of hydrogen-bond acceptors (Lipinski definition) is 4. The first-order valence-corrected chi connectivity index (χ1v) is 7.26. The van der Waals surface area contributed by atoms with Crippen LogP contribution in [0, 0.1) is 0 Å². The average Bonchev–Trinajstić information content (AvgIpc) is 2.42. The molecule has 1 aromatic rings. The second-order valence-corrected chi connectivity index (χ2v) is 5.04. The molecule has 112 valence electrons. The molecule has 0 unspecified atom stereocenters. The normalized spacial score (nSPS) is 10.7. The van der Waals surface area contributed by atoms with Gasteiger partial charge in [-0.15, -0.1) is 0 Å². The molecule has 2 N–H and O–H groups in total. The molecule has 5 nitrogen and oxygen atoms in total. The van der Waals surface area contributed by atoms with Crippen LogP contribution in [0.4, 0.5) is 5.82 Å². The van der Waals surface area contributed by atoms with Crippen molar-refractivity contribution in [2.75, 3.05) is 24.5 Å². The van der Waals surface area contributed by atoms with Gasteiger partial charge in [0.1, 0.15) is 5.82 Å². The van der Waals surface area contributed by atoms with Crippen LogP contribution >= 0.6 is 0 Å². The number of pyridine rings is 1. The van der Waals surface area contributed by atoms with Gasteiger partial charge in [-0.25, -0.2) is 4.98 Å². The van der Waals surface area contributed by atoms with Gasteiger partial charge in [-0.3, -0.25) is 4.79 Å². The maximum Gasteiger partial charge on any atom is 0.239 e. The van der Waals surface area contributed by atoms with Crippen molar-refractivity contribution in [2.45, 2.75) is 40.3 Å². The first kappa shape index (κ1) is 16.4. The minimum absolute atomic E-state index is 0.0281. The van der Waals surface area contributed by atoms with Crippen molar-refractivity contribution in [1.29, 1.82) is 0 Å². The Morgan fingerprint density at radius 3 is 2.60 bits per heavy atom. The average molecular weight is 278 g/mol. The number of carbonyl (C=O) groups is 1. The molecule has 5 heteroatoms. The monoisotopic (exact) mass is 278 g/mol. The molecule has 20 heavy (non-hydrogen) atoms. The van der Waals surface area contributed by atoms with Gasteiger partial charge in [0, 0.05) is 25.3 Å². The number of aromatic nitrogens is 1. The molecule has 0 spiro atoms. The van der Waals surface area contributed by atoms with Gasteiger partial charge in [0.2, 0.25) is 5.91 Å². The third-order valence-electron chi connectivity index (χ3n) is 2.88. The van der Waals surface area contributed by atoms with E-state index in [4.69, 9.17) is 0 Å². The maximum atomic E-state index is 11.8. The summed E-state index contributed by atoms with van der Waals surface area (Å²) in [7, 11) is 0. The summed E-state index contributed by atoms with van der Waals surface area (Å²) < 4.78 is 0. The molecule has 1 heterocycles. The number of nitrogens with one attached hydrogen (secondary N) is 2. The van der Waals surface area contributed by atoms with Crippen molar-refractivity contribution in [3.05, 3.63) is 23.9 Å². The number of hydrogen-bond donors (Lipinski definition) is 2. The van der Waals surface area contributed by atoms with Crippen LogP contribution < -0.4 is 15.5 Å². The number of likely N-dealkylation sites (N-methyl/N-ethyl adjacent to an activating group) is 1. The molecular weight excluding hydrogens is 252 g/mol. The van der Waals surface area contributed by atoms with Crippen molar-refractivity contribution < 1.29 is 4.79 Å². The van der Waals surface area contributed by atoms with E-state index in [0.717, 1.165) is 31.0 Å². The Labute approximate surface area is 121 Å². The lowest BCUT2D eigenvalue weighted by molar-refractivity contribution is -0.120. The van der Waals surface area contributed by atoms with Gasteiger partial charge in [-0.05, 0) is 38.9 Å². The van der Waals surface area contributed by atoms with E-state index < -0.39 is 0 Å². The molecule has 1 rings (SSSR count). The van der Waals surface area contributed by atoms with E-state index >= 15 is 0 Å². The van der Waals surface area contributed by atoms with E-state index in [1.165, 1.54) is 0 Å². The van der Waals surface area contributed by atoms with E-state index in [-0.39, 0.29) is 11.9 Å². The molecule has 0 saturated heterocycles. The highest BCUT2D eigenvalue weighted by molar-refractivity contribution is 5.81. The topological polar surface area (TPSA) is 57.3 Å². The third kappa shape index (κ3) is 5.57. The third-order valence-corrected chi connectivity index (χ3v) is 2.88. The first-order valence-electron chi connectivity index (χ1n) is 7.26. The molecule has 0 bridgehead atoms. The Morgan fingerprint density at radius 2 is 2.10 bits per heavy atom. The first-order chi connectivity index (χ1) is 9.56. The standard InChI is InChI=1S/C15H26N4O/c1-5-16-9-13-7-8-14(17-10-13)19(6-2)11-15(20)18-12(3)4/h7-8,10,12,16H,5-6,9,11H2,1-4H3,(H,18,20). The van der Waals surface area contributed by atoms with E-state index in [9.17, 15) is 4.79 Å². The Balaban J connectivity index is 2.62. The maximum absolute atomic E-state index is 11.8. The van der Waals surface area contributed by atoms with Crippen LogP contribution in [-0.2, 0) is 11.3 Å². The zero-order chi connectivity index (χ0) is 15.0. The lowest BCUT2D eigenvalue weighted by Gasteiger charge is -2.22. The molecule has 0 aliphatic carbocycles. The largest absolute Gasteiger partial charge is 0.352 e. The number of nitrogens with zero attached hydrogens (tertiary/aromatic N) is 2. The van der Waals surface area contributed by atoms with Gasteiger partial charge in [-0.2, -0.15) is 0 Å². The molecule has 1 aromatic heterocycles. The van der Waals surface area contributed by atoms with Gasteiger partial charge in [0.05, 0.1) is 6.54 Å². The summed E-state index contributed by atoms with van der Waals surface area (Å²) in [5.74, 6) is 0.868. The van der Waals surface area contributed by atoms with Crippen LogP contribution in [0.3, 0.4) is 0 Å². The Bertz CT molecular complexity index is 403. The van der Waals surface area contributed by atoms with Crippen molar-refractivity contribution in [1.82, 2.24) is 15.6 Å². The van der Waals surface area contributed by atoms with Crippen LogP contribution in [-0.4, -0.2) is 36.6 Å². The summed E-state index contributed by atoms with van der Waals surface area (Å²) in [6.45, 7) is 10.9. The number of anilines is 1. The fourth-order valence-electron chi connectivity index (χ4n) is 1.87. The van der Waals surface area contributed by atoms with Gasteiger partial charge >= 0.3 is 0 Å². The molecular formula is C15H26N4O. The fraction of sp³-hybridized carbons (Fsp3) is 0.600. The summed E-state index contributed by atoms with van der Waals surface area (Å²) >= 11 is 0. The second kappa shape index (κ2) is 8.53. The molecule has 0 aromatic carbocycles. The number of amides is 1. The van der Waals surface area contributed by atoms with Crippen LogP contribution in [0.25, 0.3) is 0 Å². The minimum Gasteiger partial charge on any atom is -0.352 e. The molecule has 0 radical (unpaired) electrons. The van der Waals surface area contributed by atoms with Crippen molar-refractivity contribution in [3.63, 3.8) is 0 Å². The van der Waals surface area contributed by atoms with E-state index in [1.807, 2.05) is 44.0 Å². The SMILES string of the molecule is CCNCc1ccc(N(CC)CC(=O)NC(C)C)nc1. The zero-order valence-corrected chi connectivity index (χ0v) is 12.9. The predicted molar refractivity (Wildman–Crippen MR) is 82.8 cm³/mol. The Morgan fingerprint density at radius 1 is 1.35 bits per heavy atom. The number of carbonyl (C=O) groups excluding carboxylic acids is 1. The molecule has 0 fully saturated rings.